The molecule has 7 nitrogen and oxygen atoms in total. The molecule has 29 heavy (non-hydrogen) atoms. The van der Waals surface area contributed by atoms with Gasteiger partial charge in [0, 0.05) is 0 Å². The number of halogens is 3. The summed E-state index contributed by atoms with van der Waals surface area (Å²) in [6, 6.07) is 2.98. The van der Waals surface area contributed by atoms with Gasteiger partial charge in [0.25, 0.3) is 0 Å². The largest absolute Gasteiger partial charge is 0.345 e. The van der Waals surface area contributed by atoms with Crippen molar-refractivity contribution in [1.29, 1.82) is 0 Å². The van der Waals surface area contributed by atoms with Crippen LogP contribution in [0.15, 0.2) is 24.7 Å². The standard InChI is InChI=1S/C14H11Cl2FN6S.C4H9N/c1-24-6-21-14-18-4-9-12(23-14)13(20-5-19-9)22-8-3-2-7(15)10(16)11(8)17;1-2-4-5-3-1/h2-5H,6H2,1H3,(H,18,21,23)(H,19,20,22);5H,1-4H2. The van der Waals surface area contributed by atoms with E-state index in [1.54, 1.807) is 18.0 Å². The second-order valence-electron chi connectivity index (χ2n) is 6.06. The second-order valence-corrected chi connectivity index (χ2v) is 7.72. The van der Waals surface area contributed by atoms with E-state index in [2.05, 4.69) is 35.9 Å². The Morgan fingerprint density at radius 1 is 1.17 bits per heavy atom. The molecule has 4 rings (SSSR count). The molecule has 0 amide bonds. The Bertz CT molecular complexity index is 965. The number of thioether (sulfide) groups is 1. The molecule has 0 atom stereocenters. The van der Waals surface area contributed by atoms with Gasteiger partial charge in [0.1, 0.15) is 17.4 Å². The number of fused-ring (bicyclic) bond motifs is 1. The Hall–Kier alpha value is -1.94. The summed E-state index contributed by atoms with van der Waals surface area (Å²) in [5.41, 5.74) is 1.13. The quantitative estimate of drug-likeness (QED) is 0.376. The molecular weight excluding hydrogens is 436 g/mol. The molecule has 1 aliphatic heterocycles. The summed E-state index contributed by atoms with van der Waals surface area (Å²) in [6.45, 7) is 2.50. The maximum absolute atomic E-state index is 14.2. The van der Waals surface area contributed by atoms with Crippen LogP contribution >= 0.6 is 35.0 Å². The van der Waals surface area contributed by atoms with Crippen molar-refractivity contribution in [3.63, 3.8) is 0 Å². The third kappa shape index (κ3) is 5.79. The molecule has 0 saturated carbocycles. The minimum absolute atomic E-state index is 0.137. The van der Waals surface area contributed by atoms with Crippen molar-refractivity contribution in [1.82, 2.24) is 25.3 Å². The molecule has 1 fully saturated rings. The van der Waals surface area contributed by atoms with Gasteiger partial charge in [0.05, 0.1) is 27.8 Å². The Morgan fingerprint density at radius 3 is 2.66 bits per heavy atom. The van der Waals surface area contributed by atoms with E-state index in [-0.39, 0.29) is 15.7 Å². The molecule has 0 spiro atoms. The average Bonchev–Trinajstić information content (AvgIpc) is 3.33. The zero-order chi connectivity index (χ0) is 20.6. The predicted molar refractivity (Wildman–Crippen MR) is 119 cm³/mol. The van der Waals surface area contributed by atoms with Crippen LogP contribution in [0.3, 0.4) is 0 Å². The lowest BCUT2D eigenvalue weighted by Crippen LogP contribution is -2.05. The number of hydrogen-bond donors (Lipinski definition) is 3. The number of hydrogen-bond acceptors (Lipinski definition) is 8. The van der Waals surface area contributed by atoms with Gasteiger partial charge in [-0.3, -0.25) is 0 Å². The Morgan fingerprint density at radius 2 is 1.97 bits per heavy atom. The fourth-order valence-corrected chi connectivity index (χ4v) is 3.13. The molecule has 1 aromatic carbocycles. The predicted octanol–water partition coefficient (Wildman–Crippen LogP) is 4.71. The van der Waals surface area contributed by atoms with Crippen molar-refractivity contribution in [2.24, 2.45) is 0 Å². The fourth-order valence-electron chi connectivity index (χ4n) is 2.54. The molecule has 154 valence electrons. The molecule has 11 heteroatoms. The number of aromatic nitrogens is 4. The lowest BCUT2D eigenvalue weighted by atomic mass is 10.3. The SMILES string of the molecule is C1CCNC1.CSCNc1ncc2ncnc(Nc3ccc(Cl)c(Cl)c3F)c2n1. The van der Waals surface area contributed by atoms with E-state index in [0.717, 1.165) is 0 Å². The highest BCUT2D eigenvalue weighted by molar-refractivity contribution is 7.98. The van der Waals surface area contributed by atoms with Crippen LogP contribution < -0.4 is 16.0 Å². The van der Waals surface area contributed by atoms with Crippen LogP contribution in [0.2, 0.25) is 10.0 Å². The fraction of sp³-hybridized carbons (Fsp3) is 0.333. The molecule has 0 aliphatic carbocycles. The minimum Gasteiger partial charge on any atom is -0.345 e. The molecule has 0 radical (unpaired) electrons. The average molecular weight is 456 g/mol. The van der Waals surface area contributed by atoms with Gasteiger partial charge in [-0.2, -0.15) is 0 Å². The molecule has 1 aliphatic rings. The molecule has 1 saturated heterocycles. The van der Waals surface area contributed by atoms with Crippen LogP contribution in [0.5, 0.6) is 0 Å². The van der Waals surface area contributed by atoms with Gasteiger partial charge >= 0.3 is 0 Å². The van der Waals surface area contributed by atoms with E-state index in [9.17, 15) is 4.39 Å². The number of nitrogens with zero attached hydrogens (tertiary/aromatic N) is 4. The number of benzene rings is 1. The molecule has 2 aromatic heterocycles. The summed E-state index contributed by atoms with van der Waals surface area (Å²) in [5.74, 6) is 0.769. The van der Waals surface area contributed by atoms with E-state index >= 15 is 0 Å². The van der Waals surface area contributed by atoms with E-state index in [1.807, 2.05) is 6.26 Å². The molecule has 3 N–H and O–H groups in total. The Labute approximate surface area is 182 Å². The van der Waals surface area contributed by atoms with E-state index in [1.165, 1.54) is 44.4 Å². The van der Waals surface area contributed by atoms with Crippen LogP contribution in [0, 0.1) is 5.82 Å². The van der Waals surface area contributed by atoms with E-state index in [4.69, 9.17) is 23.2 Å². The van der Waals surface area contributed by atoms with Gasteiger partial charge in [-0.1, -0.05) is 23.2 Å². The van der Waals surface area contributed by atoms with Crippen molar-refractivity contribution in [3.8, 4) is 0 Å². The zero-order valence-corrected chi connectivity index (χ0v) is 18.0. The monoisotopic (exact) mass is 455 g/mol. The smallest absolute Gasteiger partial charge is 0.224 e. The number of anilines is 3. The molecule has 0 bridgehead atoms. The highest BCUT2D eigenvalue weighted by Gasteiger charge is 2.14. The van der Waals surface area contributed by atoms with Crippen molar-refractivity contribution in [2.75, 3.05) is 35.9 Å². The van der Waals surface area contributed by atoms with Gasteiger partial charge in [-0.25, -0.2) is 24.3 Å². The topological polar surface area (TPSA) is 87.7 Å². The summed E-state index contributed by atoms with van der Waals surface area (Å²) < 4.78 is 14.2. The first-order valence-electron chi connectivity index (χ1n) is 8.92. The van der Waals surface area contributed by atoms with E-state index < -0.39 is 5.82 Å². The van der Waals surface area contributed by atoms with Crippen LogP contribution in [0.25, 0.3) is 11.0 Å². The van der Waals surface area contributed by atoms with Gasteiger partial charge in [0.15, 0.2) is 11.6 Å². The highest BCUT2D eigenvalue weighted by Crippen LogP contribution is 2.32. The highest BCUT2D eigenvalue weighted by atomic mass is 35.5. The lowest BCUT2D eigenvalue weighted by molar-refractivity contribution is 0.632. The molecule has 3 aromatic rings. The maximum atomic E-state index is 14.2. The first-order chi connectivity index (χ1) is 14.1. The Kier molecular flexibility index (Phi) is 8.05. The normalized spacial score (nSPS) is 13.1. The van der Waals surface area contributed by atoms with Crippen LogP contribution in [0.1, 0.15) is 12.8 Å². The minimum atomic E-state index is -0.661. The van der Waals surface area contributed by atoms with Gasteiger partial charge < -0.3 is 16.0 Å². The lowest BCUT2D eigenvalue weighted by Gasteiger charge is -2.10. The first kappa shape index (κ1) is 21.8. The molecule has 0 unspecified atom stereocenters. The summed E-state index contributed by atoms with van der Waals surface area (Å²) in [4.78, 5) is 16.8. The molecular formula is C18H20Cl2FN7S. The summed E-state index contributed by atoms with van der Waals surface area (Å²) in [5, 5.41) is 9.13. The van der Waals surface area contributed by atoms with Gasteiger partial charge in [-0.15, -0.1) is 11.8 Å². The van der Waals surface area contributed by atoms with Crippen molar-refractivity contribution in [2.45, 2.75) is 12.8 Å². The van der Waals surface area contributed by atoms with E-state index in [0.29, 0.717) is 28.7 Å². The zero-order valence-electron chi connectivity index (χ0n) is 15.7. The van der Waals surface area contributed by atoms with Crippen molar-refractivity contribution >= 4 is 63.5 Å². The number of nitrogens with one attached hydrogen (secondary N) is 3. The van der Waals surface area contributed by atoms with Crippen LogP contribution in [-0.2, 0) is 0 Å². The third-order valence-corrected chi connectivity index (χ3v) is 5.21. The first-order valence-corrected chi connectivity index (χ1v) is 11.1. The van der Waals surface area contributed by atoms with Crippen LogP contribution in [0.4, 0.5) is 21.8 Å². The van der Waals surface area contributed by atoms with Crippen molar-refractivity contribution < 1.29 is 4.39 Å². The molecule has 3 heterocycles. The van der Waals surface area contributed by atoms with Gasteiger partial charge in [0.2, 0.25) is 5.95 Å². The second kappa shape index (κ2) is 10.7. The van der Waals surface area contributed by atoms with Crippen molar-refractivity contribution in [3.05, 3.63) is 40.5 Å². The summed E-state index contributed by atoms with van der Waals surface area (Å²) in [7, 11) is 0. The Balaban J connectivity index is 0.000000419. The maximum Gasteiger partial charge on any atom is 0.224 e. The van der Waals surface area contributed by atoms with Gasteiger partial charge in [-0.05, 0) is 44.3 Å². The number of rotatable bonds is 5. The summed E-state index contributed by atoms with van der Waals surface area (Å²) >= 11 is 13.2. The van der Waals surface area contributed by atoms with Crippen LogP contribution in [-0.4, -0.2) is 45.2 Å². The third-order valence-electron chi connectivity index (χ3n) is 4.00. The summed E-state index contributed by atoms with van der Waals surface area (Å²) in [6.07, 6.45) is 7.65.